The second-order valence-electron chi connectivity index (χ2n) is 7.00. The summed E-state index contributed by atoms with van der Waals surface area (Å²) < 4.78 is 0. The zero-order valence-corrected chi connectivity index (χ0v) is 15.7. The highest BCUT2D eigenvalue weighted by molar-refractivity contribution is 5.98. The van der Waals surface area contributed by atoms with Crippen molar-refractivity contribution in [3.8, 4) is 0 Å². The maximum absolute atomic E-state index is 12.8. The Bertz CT molecular complexity index is 711. The van der Waals surface area contributed by atoms with Gasteiger partial charge in [0, 0.05) is 26.8 Å². The predicted molar refractivity (Wildman–Crippen MR) is 106 cm³/mol. The molecule has 1 amide bonds. The summed E-state index contributed by atoms with van der Waals surface area (Å²) in [6.45, 7) is 2.78. The largest absolute Gasteiger partial charge is 0.362 e. The molecule has 0 saturated carbocycles. The topological polar surface area (TPSA) is 48.5 Å². The number of benzene rings is 1. The average molecular weight is 352 g/mol. The smallest absolute Gasteiger partial charge is 0.255 e. The number of hydrogen-bond donors (Lipinski definition) is 1. The van der Waals surface area contributed by atoms with E-state index in [-0.39, 0.29) is 11.9 Å². The summed E-state index contributed by atoms with van der Waals surface area (Å²) >= 11 is 0. The van der Waals surface area contributed by atoms with Crippen molar-refractivity contribution in [1.82, 2.24) is 15.2 Å². The van der Waals surface area contributed by atoms with E-state index in [0.717, 1.165) is 13.1 Å². The molecule has 1 N–H and O–H groups in total. The van der Waals surface area contributed by atoms with Gasteiger partial charge in [-0.3, -0.25) is 9.69 Å². The van der Waals surface area contributed by atoms with Crippen molar-refractivity contribution in [3.63, 3.8) is 0 Å². The lowest BCUT2D eigenvalue weighted by atomic mass is 10.0. The Labute approximate surface area is 156 Å². The molecule has 1 atom stereocenters. The predicted octanol–water partition coefficient (Wildman–Crippen LogP) is 3.10. The third kappa shape index (κ3) is 4.41. The fourth-order valence-corrected chi connectivity index (χ4v) is 3.58. The third-order valence-corrected chi connectivity index (χ3v) is 4.93. The van der Waals surface area contributed by atoms with Crippen molar-refractivity contribution in [2.75, 3.05) is 38.6 Å². The van der Waals surface area contributed by atoms with Gasteiger partial charge in [-0.25, -0.2) is 4.98 Å². The van der Waals surface area contributed by atoms with E-state index in [9.17, 15) is 4.79 Å². The number of anilines is 1. The van der Waals surface area contributed by atoms with E-state index in [2.05, 4.69) is 39.5 Å². The Morgan fingerprint density at radius 3 is 2.54 bits per heavy atom. The molecule has 2 aromatic rings. The number of carbonyl (C=O) groups is 1. The minimum Gasteiger partial charge on any atom is -0.362 e. The van der Waals surface area contributed by atoms with Gasteiger partial charge in [0.15, 0.2) is 0 Å². The van der Waals surface area contributed by atoms with Crippen LogP contribution in [0.2, 0.25) is 0 Å². The number of carbonyl (C=O) groups excluding carboxylic acids is 1. The number of nitrogens with one attached hydrogen (secondary N) is 1. The van der Waals surface area contributed by atoms with Gasteiger partial charge in [0.05, 0.1) is 11.6 Å². The number of hydrogen-bond acceptors (Lipinski definition) is 4. The third-order valence-electron chi connectivity index (χ3n) is 4.93. The van der Waals surface area contributed by atoms with Gasteiger partial charge in [0.25, 0.3) is 5.91 Å². The van der Waals surface area contributed by atoms with Crippen LogP contribution in [0.3, 0.4) is 0 Å². The van der Waals surface area contributed by atoms with Crippen molar-refractivity contribution in [2.45, 2.75) is 25.3 Å². The maximum Gasteiger partial charge on any atom is 0.255 e. The van der Waals surface area contributed by atoms with E-state index < -0.39 is 0 Å². The summed E-state index contributed by atoms with van der Waals surface area (Å²) in [4.78, 5) is 21.5. The number of piperidine rings is 1. The molecule has 1 unspecified atom stereocenters. The van der Waals surface area contributed by atoms with Crippen molar-refractivity contribution in [1.29, 1.82) is 0 Å². The summed E-state index contributed by atoms with van der Waals surface area (Å²) in [7, 11) is 3.80. The summed E-state index contributed by atoms with van der Waals surface area (Å²) in [5.41, 5.74) is 1.87. The van der Waals surface area contributed by atoms with E-state index in [0.29, 0.717) is 17.9 Å². The van der Waals surface area contributed by atoms with E-state index in [1.165, 1.54) is 24.8 Å². The van der Waals surface area contributed by atoms with Crippen molar-refractivity contribution in [2.24, 2.45) is 0 Å². The number of pyridine rings is 1. The molecule has 0 aliphatic carbocycles. The first kappa shape index (κ1) is 18.4. The molecule has 26 heavy (non-hydrogen) atoms. The zero-order chi connectivity index (χ0) is 18.4. The fraction of sp³-hybridized carbons (Fsp3) is 0.429. The van der Waals surface area contributed by atoms with Crippen LogP contribution in [0.15, 0.2) is 48.7 Å². The standard InChI is InChI=1S/C21H28N4O/c1-24(2)20-18(12-9-13-22-20)21(26)23-16-19(17-10-5-3-6-11-17)25-14-7-4-8-15-25/h3,5-6,9-13,19H,4,7-8,14-16H2,1-2H3,(H,23,26). The quantitative estimate of drug-likeness (QED) is 0.868. The Morgan fingerprint density at radius 1 is 1.12 bits per heavy atom. The van der Waals surface area contributed by atoms with Crippen molar-refractivity contribution < 1.29 is 4.79 Å². The molecule has 1 fully saturated rings. The van der Waals surface area contributed by atoms with Gasteiger partial charge in [0.2, 0.25) is 0 Å². The second kappa shape index (κ2) is 8.81. The summed E-state index contributed by atoms with van der Waals surface area (Å²) in [6.07, 6.45) is 5.47. The van der Waals surface area contributed by atoms with Gasteiger partial charge in [-0.15, -0.1) is 0 Å². The van der Waals surface area contributed by atoms with E-state index in [4.69, 9.17) is 0 Å². The average Bonchev–Trinajstić information content (AvgIpc) is 2.69. The van der Waals surface area contributed by atoms with E-state index in [1.54, 1.807) is 12.3 Å². The molecule has 0 bridgehead atoms. The molecule has 3 rings (SSSR count). The van der Waals surface area contributed by atoms with Crippen LogP contribution >= 0.6 is 0 Å². The van der Waals surface area contributed by atoms with Crippen LogP contribution in [0.4, 0.5) is 5.82 Å². The zero-order valence-electron chi connectivity index (χ0n) is 15.7. The van der Waals surface area contributed by atoms with Crippen molar-refractivity contribution in [3.05, 3.63) is 59.8 Å². The Balaban J connectivity index is 1.74. The van der Waals surface area contributed by atoms with Crippen molar-refractivity contribution >= 4 is 11.7 Å². The number of aromatic nitrogens is 1. The first-order valence-electron chi connectivity index (χ1n) is 9.36. The van der Waals surface area contributed by atoms with E-state index >= 15 is 0 Å². The van der Waals surface area contributed by atoms with Gasteiger partial charge in [-0.1, -0.05) is 36.8 Å². The molecular formula is C21H28N4O. The highest BCUT2D eigenvalue weighted by Crippen LogP contribution is 2.24. The molecule has 1 saturated heterocycles. The fourth-order valence-electron chi connectivity index (χ4n) is 3.58. The van der Waals surface area contributed by atoms with Gasteiger partial charge < -0.3 is 10.2 Å². The van der Waals surface area contributed by atoms with Crippen LogP contribution in [0, 0.1) is 0 Å². The van der Waals surface area contributed by atoms with Crippen LogP contribution in [0.5, 0.6) is 0 Å². The molecule has 1 aromatic carbocycles. The molecule has 1 aliphatic rings. The van der Waals surface area contributed by atoms with Crippen LogP contribution in [0.25, 0.3) is 0 Å². The summed E-state index contributed by atoms with van der Waals surface area (Å²) in [6, 6.07) is 14.3. The monoisotopic (exact) mass is 352 g/mol. The minimum absolute atomic E-state index is 0.0697. The molecule has 0 spiro atoms. The number of nitrogens with zero attached hydrogens (tertiary/aromatic N) is 3. The summed E-state index contributed by atoms with van der Waals surface area (Å²) in [5.74, 6) is 0.624. The molecule has 138 valence electrons. The van der Waals surface area contributed by atoms with Crippen LogP contribution in [-0.4, -0.2) is 49.5 Å². The van der Waals surface area contributed by atoms with Gasteiger partial charge >= 0.3 is 0 Å². The molecular weight excluding hydrogens is 324 g/mol. The molecule has 5 heteroatoms. The van der Waals surface area contributed by atoms with Gasteiger partial charge in [-0.2, -0.15) is 0 Å². The number of rotatable bonds is 6. The molecule has 1 aliphatic heterocycles. The van der Waals surface area contributed by atoms with E-state index in [1.807, 2.05) is 31.1 Å². The van der Waals surface area contributed by atoms with Gasteiger partial charge in [-0.05, 0) is 43.6 Å². The highest BCUT2D eigenvalue weighted by Gasteiger charge is 2.23. The van der Waals surface area contributed by atoms with Gasteiger partial charge in [0.1, 0.15) is 5.82 Å². The molecule has 1 aromatic heterocycles. The second-order valence-corrected chi connectivity index (χ2v) is 7.00. The molecule has 5 nitrogen and oxygen atoms in total. The van der Waals surface area contributed by atoms with Crippen LogP contribution in [0.1, 0.15) is 41.2 Å². The normalized spacial score (nSPS) is 16.1. The Morgan fingerprint density at radius 2 is 1.85 bits per heavy atom. The minimum atomic E-state index is -0.0697. The Kier molecular flexibility index (Phi) is 6.23. The van der Waals surface area contributed by atoms with Crippen LogP contribution < -0.4 is 10.2 Å². The lowest BCUT2D eigenvalue weighted by molar-refractivity contribution is 0.0924. The first-order valence-corrected chi connectivity index (χ1v) is 9.36. The lowest BCUT2D eigenvalue weighted by Crippen LogP contribution is -2.40. The Hall–Kier alpha value is -2.40. The first-order chi connectivity index (χ1) is 12.7. The summed E-state index contributed by atoms with van der Waals surface area (Å²) in [5, 5.41) is 3.14. The number of likely N-dealkylation sites (tertiary alicyclic amines) is 1. The van der Waals surface area contributed by atoms with Crippen LogP contribution in [-0.2, 0) is 0 Å². The SMILES string of the molecule is CN(C)c1ncccc1C(=O)NCC(c1ccccc1)N1CCCCC1. The lowest BCUT2D eigenvalue weighted by Gasteiger charge is -2.35. The maximum atomic E-state index is 12.8. The molecule has 0 radical (unpaired) electrons. The highest BCUT2D eigenvalue weighted by atomic mass is 16.1. The number of amides is 1. The molecule has 2 heterocycles.